The number of ether oxygens (including phenoxy) is 3. The van der Waals surface area contributed by atoms with E-state index < -0.39 is 23.8 Å². The Balaban J connectivity index is 2.23. The molecular weight excluding hydrogens is 411 g/mol. The van der Waals surface area contributed by atoms with Gasteiger partial charge in [-0.1, -0.05) is 24.3 Å². The zero-order chi connectivity index (χ0) is 21.6. The zero-order valence-electron chi connectivity index (χ0n) is 15.1. The lowest BCUT2D eigenvalue weighted by atomic mass is 10.2. The normalized spacial score (nSPS) is 11.9. The molecule has 0 aliphatic carbocycles. The molecule has 0 saturated heterocycles. The predicted molar refractivity (Wildman–Crippen MR) is 98.9 cm³/mol. The van der Waals surface area contributed by atoms with Gasteiger partial charge in [-0.3, -0.25) is 0 Å². The Morgan fingerprint density at radius 2 is 2.00 bits per heavy atom. The average Bonchev–Trinajstić information content (AvgIpc) is 2.67. The largest absolute Gasteiger partial charge is 0.477 e. The van der Waals surface area contributed by atoms with E-state index in [0.717, 1.165) is 18.2 Å². The molecule has 2 aromatic carbocycles. The highest BCUT2D eigenvalue weighted by atomic mass is 35.5. The number of benzene rings is 2. The molecule has 152 valence electrons. The summed E-state index contributed by atoms with van der Waals surface area (Å²) in [5, 5.41) is 8.97. The molecule has 1 atom stereocenters. The van der Waals surface area contributed by atoms with Gasteiger partial charge in [0.25, 0.3) is 0 Å². The fourth-order valence-electron chi connectivity index (χ4n) is 2.14. The van der Waals surface area contributed by atoms with E-state index >= 15 is 0 Å². The van der Waals surface area contributed by atoms with Crippen LogP contribution in [0.25, 0.3) is 0 Å². The van der Waals surface area contributed by atoms with Gasteiger partial charge in [0, 0.05) is 6.07 Å². The van der Waals surface area contributed by atoms with Gasteiger partial charge in [-0.15, -0.1) is 0 Å². The van der Waals surface area contributed by atoms with Crippen LogP contribution < -0.4 is 9.47 Å². The maximum absolute atomic E-state index is 12.7. The maximum Gasteiger partial charge on any atom is 0.416 e. The molecule has 0 aromatic heterocycles. The van der Waals surface area contributed by atoms with Crippen LogP contribution in [0, 0.1) is 11.3 Å². The van der Waals surface area contributed by atoms with Gasteiger partial charge in [-0.25, -0.2) is 4.79 Å². The zero-order valence-corrected chi connectivity index (χ0v) is 15.9. The van der Waals surface area contributed by atoms with Gasteiger partial charge in [-0.05, 0) is 37.3 Å². The third-order valence-corrected chi connectivity index (χ3v) is 3.84. The Kier molecular flexibility index (Phi) is 7.13. The highest BCUT2D eigenvalue weighted by Gasteiger charge is 2.31. The van der Waals surface area contributed by atoms with Crippen LogP contribution in [0.5, 0.6) is 17.2 Å². The summed E-state index contributed by atoms with van der Waals surface area (Å²) in [6.07, 6.45) is -4.16. The SMILES string of the molecule is C=CCOC(=O)C(C)Oc1cc(Oc2ccc(C(F)(F)F)cc2Cl)ccc1C#N. The third kappa shape index (κ3) is 5.90. The number of rotatable bonds is 7. The quantitative estimate of drug-likeness (QED) is 0.431. The number of nitrogens with zero attached hydrogens (tertiary/aromatic N) is 1. The molecule has 9 heteroatoms. The molecule has 0 amide bonds. The summed E-state index contributed by atoms with van der Waals surface area (Å²) >= 11 is 5.88. The Labute approximate surface area is 169 Å². The summed E-state index contributed by atoms with van der Waals surface area (Å²) in [7, 11) is 0. The lowest BCUT2D eigenvalue weighted by Gasteiger charge is -2.16. The molecule has 0 N–H and O–H groups in total. The van der Waals surface area contributed by atoms with Crippen molar-refractivity contribution in [1.29, 1.82) is 5.26 Å². The number of nitriles is 1. The van der Waals surface area contributed by atoms with Crippen molar-refractivity contribution in [1.82, 2.24) is 0 Å². The van der Waals surface area contributed by atoms with Gasteiger partial charge in [0.15, 0.2) is 6.10 Å². The van der Waals surface area contributed by atoms with Crippen LogP contribution in [0.4, 0.5) is 13.2 Å². The molecule has 29 heavy (non-hydrogen) atoms. The predicted octanol–water partition coefficient (Wildman–Crippen LogP) is 5.52. The van der Waals surface area contributed by atoms with Crippen molar-refractivity contribution in [3.63, 3.8) is 0 Å². The summed E-state index contributed by atoms with van der Waals surface area (Å²) in [4.78, 5) is 11.8. The Morgan fingerprint density at radius 3 is 2.59 bits per heavy atom. The van der Waals surface area contributed by atoms with Crippen LogP contribution in [-0.4, -0.2) is 18.7 Å². The molecule has 0 heterocycles. The minimum Gasteiger partial charge on any atom is -0.477 e. The van der Waals surface area contributed by atoms with Crippen molar-refractivity contribution in [2.24, 2.45) is 0 Å². The first-order valence-corrected chi connectivity index (χ1v) is 8.56. The highest BCUT2D eigenvalue weighted by molar-refractivity contribution is 6.32. The third-order valence-electron chi connectivity index (χ3n) is 3.54. The van der Waals surface area contributed by atoms with Gasteiger partial charge < -0.3 is 14.2 Å². The Morgan fingerprint density at radius 1 is 1.28 bits per heavy atom. The highest BCUT2D eigenvalue weighted by Crippen LogP contribution is 2.37. The van der Waals surface area contributed by atoms with Crippen LogP contribution in [0.3, 0.4) is 0 Å². The van der Waals surface area contributed by atoms with Gasteiger partial charge in [0.2, 0.25) is 0 Å². The van der Waals surface area contributed by atoms with Crippen LogP contribution in [-0.2, 0) is 15.7 Å². The molecule has 0 radical (unpaired) electrons. The van der Waals surface area contributed by atoms with Gasteiger partial charge in [-0.2, -0.15) is 18.4 Å². The molecule has 0 bridgehead atoms. The maximum atomic E-state index is 12.7. The Hall–Kier alpha value is -3.18. The van der Waals surface area contributed by atoms with Gasteiger partial charge >= 0.3 is 12.1 Å². The van der Waals surface area contributed by atoms with E-state index in [1.165, 1.54) is 31.2 Å². The van der Waals surface area contributed by atoms with Crippen LogP contribution in [0.15, 0.2) is 49.1 Å². The molecule has 0 saturated carbocycles. The number of halogens is 4. The number of hydrogen-bond donors (Lipinski definition) is 0. The van der Waals surface area contributed by atoms with E-state index in [-0.39, 0.29) is 34.4 Å². The lowest BCUT2D eigenvalue weighted by molar-refractivity contribution is -0.149. The molecular formula is C20H15ClF3NO4. The molecule has 2 rings (SSSR count). The average molecular weight is 426 g/mol. The second-order valence-corrected chi connectivity index (χ2v) is 6.10. The summed E-state index contributed by atoms with van der Waals surface area (Å²) < 4.78 is 54.1. The van der Waals surface area contributed by atoms with Crippen LogP contribution in [0.1, 0.15) is 18.1 Å². The van der Waals surface area contributed by atoms with Crippen molar-refractivity contribution < 1.29 is 32.2 Å². The molecule has 0 spiro atoms. The number of carbonyl (C=O) groups excluding carboxylic acids is 1. The second kappa shape index (κ2) is 9.34. The van der Waals surface area contributed by atoms with Crippen molar-refractivity contribution in [3.05, 3.63) is 65.2 Å². The molecule has 0 fully saturated rings. The minimum absolute atomic E-state index is 0.00715. The summed E-state index contributed by atoms with van der Waals surface area (Å²) in [5.41, 5.74) is -0.787. The monoisotopic (exact) mass is 425 g/mol. The molecule has 2 aromatic rings. The van der Waals surface area contributed by atoms with Crippen molar-refractivity contribution in [2.45, 2.75) is 19.2 Å². The van der Waals surface area contributed by atoms with Crippen molar-refractivity contribution >= 4 is 17.6 Å². The van der Waals surface area contributed by atoms with E-state index in [9.17, 15) is 23.2 Å². The smallest absolute Gasteiger partial charge is 0.416 e. The van der Waals surface area contributed by atoms with Crippen molar-refractivity contribution in [3.8, 4) is 23.3 Å². The molecule has 0 aliphatic heterocycles. The van der Waals surface area contributed by atoms with E-state index in [4.69, 9.17) is 25.8 Å². The fourth-order valence-corrected chi connectivity index (χ4v) is 2.36. The first kappa shape index (κ1) is 22.1. The summed E-state index contributed by atoms with van der Waals surface area (Å²) in [6.45, 7) is 4.87. The van der Waals surface area contributed by atoms with Gasteiger partial charge in [0.1, 0.15) is 29.9 Å². The first-order chi connectivity index (χ1) is 13.7. The van der Waals surface area contributed by atoms with E-state index in [1.54, 1.807) is 0 Å². The number of alkyl halides is 3. The van der Waals surface area contributed by atoms with Crippen LogP contribution in [0.2, 0.25) is 5.02 Å². The molecule has 0 aliphatic rings. The number of carbonyl (C=O) groups is 1. The minimum atomic E-state index is -4.53. The first-order valence-electron chi connectivity index (χ1n) is 8.18. The van der Waals surface area contributed by atoms with Gasteiger partial charge in [0.05, 0.1) is 16.1 Å². The standard InChI is InChI=1S/C20H15ClF3NO4/c1-3-8-27-19(26)12(2)28-18-10-15(6-4-13(18)11-25)29-17-7-5-14(9-16(17)21)20(22,23)24/h3-7,9-10,12H,1,8H2,2H3. The number of esters is 1. The Bertz CT molecular complexity index is 954. The molecule has 5 nitrogen and oxygen atoms in total. The molecule has 1 unspecified atom stereocenters. The number of hydrogen-bond acceptors (Lipinski definition) is 5. The van der Waals surface area contributed by atoms with Crippen LogP contribution >= 0.6 is 11.6 Å². The van der Waals surface area contributed by atoms with E-state index in [1.807, 2.05) is 6.07 Å². The van der Waals surface area contributed by atoms with E-state index in [0.29, 0.717) is 0 Å². The van der Waals surface area contributed by atoms with Crippen molar-refractivity contribution in [2.75, 3.05) is 6.61 Å². The topological polar surface area (TPSA) is 68.6 Å². The lowest BCUT2D eigenvalue weighted by Crippen LogP contribution is -2.26. The van der Waals surface area contributed by atoms with E-state index in [2.05, 4.69) is 6.58 Å². The summed E-state index contributed by atoms with van der Waals surface area (Å²) in [5.74, 6) is -0.497. The fraction of sp³-hybridized carbons (Fsp3) is 0.200. The summed E-state index contributed by atoms with van der Waals surface area (Å²) in [6, 6.07) is 8.69. The second-order valence-electron chi connectivity index (χ2n) is 5.69.